The molecular weight excluding hydrogens is 885 g/mol. The Kier molecular flexibility index (Phi) is 8.49. The molecule has 5 N–H and O–H groups in total. The predicted molar refractivity (Wildman–Crippen MR) is 232 cm³/mol. The number of nitrogens with zero attached hydrogens (tertiary/aromatic N) is 8. The molecule has 22 heteroatoms. The van der Waals surface area contributed by atoms with Crippen LogP contribution in [0.5, 0.6) is 0 Å². The number of rotatable bonds is 5. The molecule has 0 amide bonds. The number of aromatic amines is 2. The van der Waals surface area contributed by atoms with Crippen LogP contribution in [0.4, 0.5) is 0 Å². The second kappa shape index (κ2) is 13.9. The van der Waals surface area contributed by atoms with Gasteiger partial charge >= 0.3 is 0 Å². The van der Waals surface area contributed by atoms with E-state index in [0.717, 1.165) is 11.6 Å². The molecule has 19 nitrogen and oxygen atoms in total. The van der Waals surface area contributed by atoms with Crippen LogP contribution in [0, 0.1) is 0 Å². The largest absolute Gasteiger partial charge is 0.324 e. The molecule has 5 aromatic carbocycles. The number of fused-ring (bicyclic) bond motifs is 20. The van der Waals surface area contributed by atoms with Gasteiger partial charge in [-0.05, 0) is 54.6 Å². The van der Waals surface area contributed by atoms with Crippen LogP contribution in [0.15, 0.2) is 130 Å². The quantitative estimate of drug-likeness (QED) is 0.112. The maximum Gasteiger partial charge on any atom is 0.294 e. The van der Waals surface area contributed by atoms with Crippen molar-refractivity contribution in [3.63, 3.8) is 0 Å². The van der Waals surface area contributed by atoms with Crippen molar-refractivity contribution in [2.45, 2.75) is 14.7 Å². The highest BCUT2D eigenvalue weighted by Crippen LogP contribution is 2.41. The lowest BCUT2D eigenvalue weighted by molar-refractivity contribution is 0.481. The van der Waals surface area contributed by atoms with Crippen molar-refractivity contribution in [1.82, 2.24) is 49.8 Å². The summed E-state index contributed by atoms with van der Waals surface area (Å²) in [4.78, 5) is 43.8. The lowest BCUT2D eigenvalue weighted by Crippen LogP contribution is -1.99. The van der Waals surface area contributed by atoms with E-state index in [1.165, 1.54) is 48.5 Å². The Hall–Kier alpha value is -7.73. The summed E-state index contributed by atoms with van der Waals surface area (Å²) in [5.41, 5.74) is 3.31. The molecule has 0 spiro atoms. The average molecular weight is 909 g/mol. The monoisotopic (exact) mass is 908 g/mol. The molecule has 0 aliphatic carbocycles. The van der Waals surface area contributed by atoms with Gasteiger partial charge in [0.15, 0.2) is 23.3 Å². The van der Waals surface area contributed by atoms with Gasteiger partial charge in [0.05, 0.1) is 26.1 Å². The Bertz CT molecular complexity index is 4060. The molecule has 0 saturated carbocycles. The fraction of sp³-hybridized carbons (Fsp3) is 0. The van der Waals surface area contributed by atoms with Crippen molar-refractivity contribution in [2.24, 2.45) is 0 Å². The summed E-state index contributed by atoms with van der Waals surface area (Å²) in [6.45, 7) is 0. The second-order valence-corrected chi connectivity index (χ2v) is 18.8. The van der Waals surface area contributed by atoms with Crippen molar-refractivity contribution >= 4 is 74.5 Å². The van der Waals surface area contributed by atoms with Crippen LogP contribution < -0.4 is 0 Å². The molecule has 0 fully saturated rings. The van der Waals surface area contributed by atoms with Crippen LogP contribution >= 0.6 is 0 Å². The maximum atomic E-state index is 12.4. The Morgan fingerprint density at radius 1 is 0.344 bits per heavy atom. The maximum absolute atomic E-state index is 12.4. The molecule has 8 bridgehead atoms. The van der Waals surface area contributed by atoms with Gasteiger partial charge in [-0.1, -0.05) is 60.7 Å². The van der Waals surface area contributed by atoms with Crippen LogP contribution in [-0.2, 0) is 30.4 Å². The minimum Gasteiger partial charge on any atom is -0.324 e. The molecule has 0 atom stereocenters. The van der Waals surface area contributed by atoms with Crippen LogP contribution in [0.1, 0.15) is 0 Å². The summed E-state index contributed by atoms with van der Waals surface area (Å²) in [5.74, 6) is -0.117. The van der Waals surface area contributed by atoms with Crippen LogP contribution in [-0.4, -0.2) is 88.8 Å². The zero-order valence-electron chi connectivity index (χ0n) is 32.1. The lowest BCUT2D eigenvalue weighted by atomic mass is 10.0. The molecule has 64 heavy (non-hydrogen) atoms. The van der Waals surface area contributed by atoms with E-state index in [9.17, 15) is 38.9 Å². The van der Waals surface area contributed by atoms with Crippen molar-refractivity contribution < 1.29 is 38.9 Å². The molecular formula is C42H24N10O9S3. The Morgan fingerprint density at radius 3 is 1.27 bits per heavy atom. The van der Waals surface area contributed by atoms with Gasteiger partial charge in [-0.3, -0.25) is 13.7 Å². The third-order valence-corrected chi connectivity index (χ3v) is 13.1. The van der Waals surface area contributed by atoms with E-state index in [1.807, 2.05) is 60.7 Å². The first kappa shape index (κ1) is 39.1. The third-order valence-electron chi connectivity index (χ3n) is 10.6. The summed E-state index contributed by atoms with van der Waals surface area (Å²) in [7, 11) is -14.2. The van der Waals surface area contributed by atoms with Crippen molar-refractivity contribution in [3.8, 4) is 68.3 Å². The van der Waals surface area contributed by atoms with E-state index < -0.39 is 45.0 Å². The van der Waals surface area contributed by atoms with Gasteiger partial charge in [0, 0.05) is 43.8 Å². The van der Waals surface area contributed by atoms with Gasteiger partial charge in [-0.2, -0.15) is 25.3 Å². The molecule has 314 valence electrons. The summed E-state index contributed by atoms with van der Waals surface area (Å²) in [5, 5.41) is 0.916. The predicted octanol–water partition coefficient (Wildman–Crippen LogP) is 6.73. The number of hydrogen-bond acceptors (Lipinski definition) is 14. The van der Waals surface area contributed by atoms with Crippen molar-refractivity contribution in [1.29, 1.82) is 0 Å². The molecule has 2 aliphatic heterocycles. The highest BCUT2D eigenvalue weighted by molar-refractivity contribution is 7.86. The first-order valence-corrected chi connectivity index (χ1v) is 23.1. The van der Waals surface area contributed by atoms with Gasteiger partial charge < -0.3 is 9.97 Å². The van der Waals surface area contributed by atoms with E-state index in [-0.39, 0.29) is 84.6 Å². The third kappa shape index (κ3) is 6.56. The number of benzene rings is 5. The summed E-state index contributed by atoms with van der Waals surface area (Å²) >= 11 is 0. The average Bonchev–Trinajstić information content (AvgIpc) is 4.00. The molecule has 0 unspecified atom stereocenters. The van der Waals surface area contributed by atoms with E-state index >= 15 is 0 Å². The summed E-state index contributed by atoms with van der Waals surface area (Å²) in [6.07, 6.45) is 0. The van der Waals surface area contributed by atoms with E-state index in [0.29, 0.717) is 22.3 Å². The molecule has 11 rings (SSSR count). The van der Waals surface area contributed by atoms with Crippen molar-refractivity contribution in [3.05, 3.63) is 115 Å². The highest BCUT2D eigenvalue weighted by Gasteiger charge is 2.29. The number of aromatic nitrogens is 10. The fourth-order valence-electron chi connectivity index (χ4n) is 7.60. The summed E-state index contributed by atoms with van der Waals surface area (Å²) in [6, 6.07) is 29.8. The first-order valence-electron chi connectivity index (χ1n) is 18.8. The Balaban J connectivity index is 1.32. The normalized spacial score (nSPS) is 12.7. The van der Waals surface area contributed by atoms with Gasteiger partial charge in [0.25, 0.3) is 30.4 Å². The van der Waals surface area contributed by atoms with Crippen LogP contribution in [0.2, 0.25) is 0 Å². The van der Waals surface area contributed by atoms with Gasteiger partial charge in [0.2, 0.25) is 0 Å². The van der Waals surface area contributed by atoms with Crippen molar-refractivity contribution in [2.75, 3.05) is 0 Å². The van der Waals surface area contributed by atoms with Gasteiger partial charge in [0.1, 0.15) is 34.0 Å². The first-order chi connectivity index (χ1) is 30.6. The number of hydrogen-bond donors (Lipinski definition) is 5. The highest BCUT2D eigenvalue weighted by atomic mass is 32.2. The molecule has 2 aliphatic rings. The molecule has 0 saturated heterocycles. The lowest BCUT2D eigenvalue weighted by Gasteiger charge is -2.11. The molecule has 4 aromatic heterocycles. The SMILES string of the molecule is O=S(=O)(O)c1ccc2c(c1)-c1nc-2nc2nc(nc3[nH]c(nc4[nH]c(n1)c1ccc(S(=O)(=O)O)cc41)c1ccc(S(=O)(=O)O)cc31)-c1nc(-c3ccccc3)c(-c3ccccc3)nc1-2. The second-order valence-electron chi connectivity index (χ2n) is 14.5. The number of nitrogens with one attached hydrogen (secondary N) is 2. The molecule has 9 aromatic rings. The Morgan fingerprint density at radius 2 is 0.734 bits per heavy atom. The minimum atomic E-state index is -4.72. The van der Waals surface area contributed by atoms with Crippen LogP contribution in [0.25, 0.3) is 112 Å². The van der Waals surface area contributed by atoms with Crippen LogP contribution in [0.3, 0.4) is 0 Å². The van der Waals surface area contributed by atoms with E-state index in [2.05, 4.69) is 9.97 Å². The summed E-state index contributed by atoms with van der Waals surface area (Å²) < 4.78 is 104. The zero-order chi connectivity index (χ0) is 44.3. The minimum absolute atomic E-state index is 0.00344. The number of H-pyrrole nitrogens is 2. The zero-order valence-corrected chi connectivity index (χ0v) is 34.5. The standard InChI is InChI=1S/C42H24N10O9S3/c53-62(54,55)22-11-14-25-28(17-22)38-45-35(25)46-39-29-18-23(63(56,57)58)13-16-27(29)37(49-39)50-41-33-34(44-32(21-9-5-2-6-10-21)31(43-33)20-7-3-1-4-8-20)42(52-41)51-40-30-19-24(64(59,60)61)12-15-26(30)36(47-38)48-40/h1-19H,(H,53,54,55)(H,56,57,58)(H,59,60,61)(H2,45,46,47,48,49,50,51,52). The van der Waals surface area contributed by atoms with Gasteiger partial charge in [-0.25, -0.2) is 39.9 Å². The molecule has 6 heterocycles. The van der Waals surface area contributed by atoms with E-state index in [1.54, 1.807) is 0 Å². The van der Waals surface area contributed by atoms with E-state index in [4.69, 9.17) is 39.9 Å². The fourth-order valence-corrected chi connectivity index (χ4v) is 9.12. The molecule has 0 radical (unpaired) electrons. The topological polar surface area (TPSA) is 298 Å². The van der Waals surface area contributed by atoms with Gasteiger partial charge in [-0.15, -0.1) is 0 Å². The smallest absolute Gasteiger partial charge is 0.294 e. The Labute approximate surface area is 360 Å².